The van der Waals surface area contributed by atoms with Crippen molar-refractivity contribution in [3.05, 3.63) is 0 Å². The molecule has 1 unspecified atom stereocenters. The molecule has 0 amide bonds. The topological polar surface area (TPSA) is 29.1 Å². The van der Waals surface area contributed by atoms with Crippen LogP contribution in [0.25, 0.3) is 0 Å². The van der Waals surface area contributed by atoms with Gasteiger partial charge in [0.15, 0.2) is 5.78 Å². The number of Topliss-reactive ketones (excluding diaryl/α,β-unsaturated/α-hetero) is 1. The van der Waals surface area contributed by atoms with E-state index in [0.29, 0.717) is 0 Å². The molecule has 0 saturated carbocycles. The summed E-state index contributed by atoms with van der Waals surface area (Å²) < 4.78 is 0. The highest BCUT2D eigenvalue weighted by Gasteiger charge is 2.25. The minimum atomic E-state index is -0.221. The molecule has 11 heavy (non-hydrogen) atoms. The standard InChI is InChI=1S/C9H19NO/c1-6-10-7(2)8(11)9(3,4)5/h7,10H,6H2,1-5H3. The van der Waals surface area contributed by atoms with E-state index in [1.165, 1.54) is 0 Å². The van der Waals surface area contributed by atoms with Gasteiger partial charge in [-0.25, -0.2) is 0 Å². The highest BCUT2D eigenvalue weighted by atomic mass is 16.1. The van der Waals surface area contributed by atoms with Gasteiger partial charge in [-0.2, -0.15) is 0 Å². The third kappa shape index (κ3) is 3.51. The zero-order valence-electron chi connectivity index (χ0n) is 8.19. The molecule has 0 aliphatic rings. The number of nitrogens with one attached hydrogen (secondary N) is 1. The van der Waals surface area contributed by atoms with Gasteiger partial charge in [-0.3, -0.25) is 4.79 Å². The van der Waals surface area contributed by atoms with Crippen LogP contribution >= 0.6 is 0 Å². The van der Waals surface area contributed by atoms with Crippen molar-refractivity contribution in [1.82, 2.24) is 5.32 Å². The maximum absolute atomic E-state index is 11.5. The highest BCUT2D eigenvalue weighted by molar-refractivity contribution is 5.88. The predicted molar refractivity (Wildman–Crippen MR) is 47.6 cm³/mol. The average molecular weight is 157 g/mol. The molecule has 0 radical (unpaired) electrons. The predicted octanol–water partition coefficient (Wildman–Crippen LogP) is 1.60. The van der Waals surface area contributed by atoms with Crippen LogP contribution in [0.3, 0.4) is 0 Å². The Hall–Kier alpha value is -0.370. The molecule has 0 fully saturated rings. The molecule has 0 spiro atoms. The molecule has 2 nitrogen and oxygen atoms in total. The maximum Gasteiger partial charge on any atom is 0.154 e. The summed E-state index contributed by atoms with van der Waals surface area (Å²) in [7, 11) is 0. The first-order valence-corrected chi connectivity index (χ1v) is 4.17. The second-order valence-electron chi connectivity index (χ2n) is 3.89. The summed E-state index contributed by atoms with van der Waals surface area (Å²) in [6, 6.07) is -0.0139. The molecule has 1 atom stereocenters. The fourth-order valence-electron chi connectivity index (χ4n) is 1.05. The largest absolute Gasteiger partial charge is 0.308 e. The molecule has 0 aromatic carbocycles. The molecule has 0 aliphatic heterocycles. The highest BCUT2D eigenvalue weighted by Crippen LogP contribution is 2.16. The Morgan fingerprint density at radius 2 is 1.91 bits per heavy atom. The number of carbonyl (C=O) groups is 1. The molecule has 0 heterocycles. The van der Waals surface area contributed by atoms with Crippen molar-refractivity contribution in [2.75, 3.05) is 6.54 Å². The van der Waals surface area contributed by atoms with Gasteiger partial charge in [-0.15, -0.1) is 0 Å². The number of rotatable bonds is 3. The Morgan fingerprint density at radius 3 is 2.18 bits per heavy atom. The minimum Gasteiger partial charge on any atom is -0.308 e. The summed E-state index contributed by atoms with van der Waals surface area (Å²) in [4.78, 5) is 11.5. The number of likely N-dealkylation sites (N-methyl/N-ethyl adjacent to an activating group) is 1. The van der Waals surface area contributed by atoms with Gasteiger partial charge in [-0.05, 0) is 13.5 Å². The number of carbonyl (C=O) groups excluding carboxylic acids is 1. The van der Waals surface area contributed by atoms with Gasteiger partial charge in [0.2, 0.25) is 0 Å². The summed E-state index contributed by atoms with van der Waals surface area (Å²) in [5.41, 5.74) is -0.221. The lowest BCUT2D eigenvalue weighted by Crippen LogP contribution is -2.40. The molecular weight excluding hydrogens is 138 g/mol. The van der Waals surface area contributed by atoms with E-state index in [2.05, 4.69) is 5.32 Å². The first-order valence-electron chi connectivity index (χ1n) is 4.17. The lowest BCUT2D eigenvalue weighted by Gasteiger charge is -2.21. The Kier molecular flexibility index (Phi) is 3.73. The molecule has 0 rings (SSSR count). The third-order valence-electron chi connectivity index (χ3n) is 1.64. The van der Waals surface area contributed by atoms with Crippen molar-refractivity contribution in [2.24, 2.45) is 5.41 Å². The first-order chi connectivity index (χ1) is 4.89. The Balaban J connectivity index is 4.03. The van der Waals surface area contributed by atoms with Crippen LogP contribution in [0.15, 0.2) is 0 Å². The molecule has 0 bridgehead atoms. The van der Waals surface area contributed by atoms with E-state index < -0.39 is 0 Å². The monoisotopic (exact) mass is 157 g/mol. The molecule has 0 aliphatic carbocycles. The van der Waals surface area contributed by atoms with Crippen molar-refractivity contribution in [1.29, 1.82) is 0 Å². The smallest absolute Gasteiger partial charge is 0.154 e. The molecule has 1 N–H and O–H groups in total. The van der Waals surface area contributed by atoms with Crippen LogP contribution in [0.5, 0.6) is 0 Å². The number of ketones is 1. The van der Waals surface area contributed by atoms with Crippen LogP contribution < -0.4 is 5.32 Å². The average Bonchev–Trinajstić information content (AvgIpc) is 1.85. The zero-order chi connectivity index (χ0) is 9.07. The molecular formula is C9H19NO. The van der Waals surface area contributed by atoms with Crippen molar-refractivity contribution < 1.29 is 4.79 Å². The van der Waals surface area contributed by atoms with Gasteiger partial charge in [0.1, 0.15) is 0 Å². The van der Waals surface area contributed by atoms with Crippen molar-refractivity contribution >= 4 is 5.78 Å². The van der Waals surface area contributed by atoms with Crippen LogP contribution in [0.2, 0.25) is 0 Å². The summed E-state index contributed by atoms with van der Waals surface area (Å²) in [6.07, 6.45) is 0. The van der Waals surface area contributed by atoms with Crippen LogP contribution in [-0.2, 0) is 4.79 Å². The van der Waals surface area contributed by atoms with Crippen LogP contribution in [-0.4, -0.2) is 18.4 Å². The third-order valence-corrected chi connectivity index (χ3v) is 1.64. The number of hydrogen-bond donors (Lipinski definition) is 1. The fourth-order valence-corrected chi connectivity index (χ4v) is 1.05. The van der Waals surface area contributed by atoms with Gasteiger partial charge in [-0.1, -0.05) is 27.7 Å². The Labute approximate surface area is 69.4 Å². The van der Waals surface area contributed by atoms with E-state index in [4.69, 9.17) is 0 Å². The molecule has 0 saturated heterocycles. The molecule has 2 heteroatoms. The lowest BCUT2D eigenvalue weighted by molar-refractivity contribution is -0.128. The van der Waals surface area contributed by atoms with Gasteiger partial charge >= 0.3 is 0 Å². The Morgan fingerprint density at radius 1 is 1.45 bits per heavy atom. The fraction of sp³-hybridized carbons (Fsp3) is 0.889. The SMILES string of the molecule is CCNC(C)C(=O)C(C)(C)C. The molecule has 66 valence electrons. The lowest BCUT2D eigenvalue weighted by atomic mass is 9.87. The van der Waals surface area contributed by atoms with Crippen LogP contribution in [0.1, 0.15) is 34.6 Å². The van der Waals surface area contributed by atoms with Crippen LogP contribution in [0.4, 0.5) is 0 Å². The summed E-state index contributed by atoms with van der Waals surface area (Å²) in [5.74, 6) is 0.277. The van der Waals surface area contributed by atoms with E-state index in [1.807, 2.05) is 34.6 Å². The van der Waals surface area contributed by atoms with E-state index in [9.17, 15) is 4.79 Å². The maximum atomic E-state index is 11.5. The van der Waals surface area contributed by atoms with Crippen molar-refractivity contribution in [3.8, 4) is 0 Å². The van der Waals surface area contributed by atoms with Gasteiger partial charge in [0, 0.05) is 5.41 Å². The second kappa shape index (κ2) is 3.86. The van der Waals surface area contributed by atoms with Crippen molar-refractivity contribution in [2.45, 2.75) is 40.7 Å². The van der Waals surface area contributed by atoms with Gasteiger partial charge in [0.25, 0.3) is 0 Å². The van der Waals surface area contributed by atoms with Crippen LogP contribution in [0, 0.1) is 5.41 Å². The van der Waals surface area contributed by atoms with Gasteiger partial charge in [0.05, 0.1) is 6.04 Å². The summed E-state index contributed by atoms with van der Waals surface area (Å²) >= 11 is 0. The summed E-state index contributed by atoms with van der Waals surface area (Å²) in [5, 5.41) is 3.10. The second-order valence-corrected chi connectivity index (χ2v) is 3.89. The minimum absolute atomic E-state index is 0.0139. The Bertz CT molecular complexity index is 135. The normalized spacial score (nSPS) is 14.6. The van der Waals surface area contributed by atoms with Crippen molar-refractivity contribution in [3.63, 3.8) is 0 Å². The van der Waals surface area contributed by atoms with E-state index in [1.54, 1.807) is 0 Å². The van der Waals surface area contributed by atoms with Gasteiger partial charge < -0.3 is 5.32 Å². The molecule has 0 aromatic rings. The number of hydrogen-bond acceptors (Lipinski definition) is 2. The summed E-state index contributed by atoms with van der Waals surface area (Å²) in [6.45, 7) is 10.6. The quantitative estimate of drug-likeness (QED) is 0.674. The van der Waals surface area contributed by atoms with E-state index >= 15 is 0 Å². The molecule has 0 aromatic heterocycles. The first kappa shape index (κ1) is 10.6. The zero-order valence-corrected chi connectivity index (χ0v) is 8.19. The van der Waals surface area contributed by atoms with E-state index in [0.717, 1.165) is 6.54 Å². The van der Waals surface area contributed by atoms with E-state index in [-0.39, 0.29) is 17.2 Å².